The van der Waals surface area contributed by atoms with Crippen LogP contribution in [-0.2, 0) is 9.84 Å². The maximum atomic E-state index is 11.3. The lowest BCUT2D eigenvalue weighted by Crippen LogP contribution is -2.34. The molecule has 3 nitrogen and oxygen atoms in total. The minimum Gasteiger partial charge on any atom is -0.315 e. The van der Waals surface area contributed by atoms with Crippen LogP contribution in [0.2, 0.25) is 0 Å². The molecule has 2 atom stereocenters. The van der Waals surface area contributed by atoms with E-state index >= 15 is 0 Å². The van der Waals surface area contributed by atoms with Crippen LogP contribution in [0.3, 0.4) is 0 Å². The van der Waals surface area contributed by atoms with Crippen molar-refractivity contribution in [3.63, 3.8) is 0 Å². The third-order valence-electron chi connectivity index (χ3n) is 3.70. The van der Waals surface area contributed by atoms with Gasteiger partial charge in [0.1, 0.15) is 0 Å². The lowest BCUT2D eigenvalue weighted by molar-refractivity contribution is 0.252. The Morgan fingerprint density at radius 2 is 1.88 bits per heavy atom. The number of rotatable bonds is 7. The summed E-state index contributed by atoms with van der Waals surface area (Å²) in [4.78, 5) is 0. The van der Waals surface area contributed by atoms with Crippen LogP contribution in [0.25, 0.3) is 0 Å². The van der Waals surface area contributed by atoms with Gasteiger partial charge in [-0.15, -0.1) is 11.6 Å². The molecule has 0 radical (unpaired) electrons. The van der Waals surface area contributed by atoms with Gasteiger partial charge < -0.3 is 5.32 Å². The first-order valence-corrected chi connectivity index (χ1v) is 8.91. The molecule has 0 amide bonds. The van der Waals surface area contributed by atoms with Crippen LogP contribution in [0.1, 0.15) is 32.6 Å². The molecule has 0 aromatic carbocycles. The first kappa shape index (κ1) is 15.3. The molecule has 1 aliphatic rings. The molecule has 102 valence electrons. The van der Waals surface area contributed by atoms with Crippen molar-refractivity contribution >= 4 is 21.4 Å². The highest BCUT2D eigenvalue weighted by molar-refractivity contribution is 7.91. The largest absolute Gasteiger partial charge is 0.315 e. The minimum absolute atomic E-state index is 0.239. The fraction of sp³-hybridized carbons (Fsp3) is 1.00. The molecule has 5 heteroatoms. The van der Waals surface area contributed by atoms with E-state index in [0.717, 1.165) is 12.4 Å². The molecule has 1 rings (SSSR count). The van der Waals surface area contributed by atoms with E-state index in [4.69, 9.17) is 11.6 Å². The van der Waals surface area contributed by atoms with Gasteiger partial charge in [0.05, 0.1) is 5.75 Å². The van der Waals surface area contributed by atoms with Crippen molar-refractivity contribution in [1.29, 1.82) is 0 Å². The molecule has 1 N–H and O–H groups in total. The normalized spacial score (nSPS) is 26.0. The molecule has 0 spiro atoms. The van der Waals surface area contributed by atoms with Gasteiger partial charge in [-0.2, -0.15) is 0 Å². The summed E-state index contributed by atoms with van der Waals surface area (Å²) in [5.74, 6) is 2.47. The average Bonchev–Trinajstić information content (AvgIpc) is 2.35. The lowest BCUT2D eigenvalue weighted by Gasteiger charge is -2.30. The van der Waals surface area contributed by atoms with Gasteiger partial charge in [0.25, 0.3) is 0 Å². The smallest absolute Gasteiger partial charge is 0.151 e. The minimum atomic E-state index is -2.83. The molecular formula is C12H24ClNO2S. The highest BCUT2D eigenvalue weighted by Gasteiger charge is 2.23. The van der Waals surface area contributed by atoms with E-state index in [9.17, 15) is 8.42 Å². The third-order valence-corrected chi connectivity index (χ3v) is 5.80. The van der Waals surface area contributed by atoms with Crippen molar-refractivity contribution in [2.75, 3.05) is 30.5 Å². The lowest BCUT2D eigenvalue weighted by atomic mass is 9.80. The number of alkyl halides is 1. The number of nitrogens with one attached hydrogen (secondary N) is 1. The van der Waals surface area contributed by atoms with Crippen LogP contribution in [0.15, 0.2) is 0 Å². The summed E-state index contributed by atoms with van der Waals surface area (Å²) in [6.45, 7) is 3.18. The van der Waals surface area contributed by atoms with E-state index in [1.807, 2.05) is 0 Å². The molecule has 1 saturated carbocycles. The van der Waals surface area contributed by atoms with Crippen molar-refractivity contribution in [2.45, 2.75) is 32.6 Å². The maximum absolute atomic E-state index is 11.3. The molecule has 0 heterocycles. The summed E-state index contributed by atoms with van der Waals surface area (Å²) in [5.41, 5.74) is 0. The second kappa shape index (κ2) is 7.59. The fourth-order valence-corrected chi connectivity index (χ4v) is 3.57. The Hall–Kier alpha value is 0.200. The van der Waals surface area contributed by atoms with Crippen LogP contribution in [-0.4, -0.2) is 38.9 Å². The van der Waals surface area contributed by atoms with Gasteiger partial charge >= 0.3 is 0 Å². The van der Waals surface area contributed by atoms with Crippen molar-refractivity contribution in [1.82, 2.24) is 5.32 Å². The predicted octanol–water partition coefficient (Wildman–Crippen LogP) is 2.06. The summed E-state index contributed by atoms with van der Waals surface area (Å²) < 4.78 is 22.6. The van der Waals surface area contributed by atoms with Crippen LogP contribution < -0.4 is 5.32 Å². The highest BCUT2D eigenvalue weighted by atomic mass is 35.5. The van der Waals surface area contributed by atoms with Crippen molar-refractivity contribution in [3.05, 3.63) is 0 Å². The summed E-state index contributed by atoms with van der Waals surface area (Å²) in [6.07, 6.45) is 5.03. The SMILES string of the molecule is CCS(=O)(=O)CCNCC1CCCCC1CCl. The van der Waals surface area contributed by atoms with Gasteiger partial charge in [-0.3, -0.25) is 0 Å². The van der Waals surface area contributed by atoms with Gasteiger partial charge in [0, 0.05) is 18.2 Å². The first-order chi connectivity index (χ1) is 8.09. The zero-order valence-corrected chi connectivity index (χ0v) is 12.2. The Labute approximate surface area is 110 Å². The number of halogens is 1. The van der Waals surface area contributed by atoms with E-state index in [1.165, 1.54) is 25.7 Å². The molecule has 0 saturated heterocycles. The second-order valence-corrected chi connectivity index (χ2v) is 7.68. The van der Waals surface area contributed by atoms with Crippen LogP contribution >= 0.6 is 11.6 Å². The van der Waals surface area contributed by atoms with Gasteiger partial charge in [-0.05, 0) is 31.2 Å². The summed E-state index contributed by atoms with van der Waals surface area (Å²) >= 11 is 5.96. The summed E-state index contributed by atoms with van der Waals surface area (Å²) in [7, 11) is -2.83. The Morgan fingerprint density at radius 3 is 2.47 bits per heavy atom. The molecule has 0 aliphatic heterocycles. The van der Waals surface area contributed by atoms with Crippen molar-refractivity contribution in [2.24, 2.45) is 11.8 Å². The van der Waals surface area contributed by atoms with Crippen LogP contribution in [0, 0.1) is 11.8 Å². The van der Waals surface area contributed by atoms with Gasteiger partial charge in [0.15, 0.2) is 9.84 Å². The number of hydrogen-bond acceptors (Lipinski definition) is 3. The standard InChI is InChI=1S/C12H24ClNO2S/c1-2-17(15,16)8-7-14-10-12-6-4-3-5-11(12)9-13/h11-12,14H,2-10H2,1H3. The monoisotopic (exact) mass is 281 g/mol. The van der Waals surface area contributed by atoms with E-state index in [-0.39, 0.29) is 11.5 Å². The van der Waals surface area contributed by atoms with Gasteiger partial charge in [-0.1, -0.05) is 19.8 Å². The number of hydrogen-bond donors (Lipinski definition) is 1. The van der Waals surface area contributed by atoms with Crippen molar-refractivity contribution < 1.29 is 8.42 Å². The summed E-state index contributed by atoms with van der Waals surface area (Å²) in [6, 6.07) is 0. The topological polar surface area (TPSA) is 46.2 Å². The molecule has 17 heavy (non-hydrogen) atoms. The zero-order chi connectivity index (χ0) is 12.7. The third kappa shape index (κ3) is 5.58. The Kier molecular flexibility index (Phi) is 6.82. The molecule has 1 fully saturated rings. The van der Waals surface area contributed by atoms with Crippen molar-refractivity contribution in [3.8, 4) is 0 Å². The maximum Gasteiger partial charge on any atom is 0.151 e. The molecule has 0 aromatic rings. The Morgan fingerprint density at radius 1 is 1.24 bits per heavy atom. The van der Waals surface area contributed by atoms with Crippen LogP contribution in [0.5, 0.6) is 0 Å². The fourth-order valence-electron chi connectivity index (χ4n) is 2.42. The molecule has 0 bridgehead atoms. The van der Waals surface area contributed by atoms with E-state index < -0.39 is 9.84 Å². The van der Waals surface area contributed by atoms with E-state index in [1.54, 1.807) is 6.92 Å². The molecule has 2 unspecified atom stereocenters. The predicted molar refractivity (Wildman–Crippen MR) is 73.4 cm³/mol. The summed E-state index contributed by atoms with van der Waals surface area (Å²) in [5, 5.41) is 3.27. The van der Waals surface area contributed by atoms with E-state index in [0.29, 0.717) is 18.4 Å². The van der Waals surface area contributed by atoms with Gasteiger partial charge in [-0.25, -0.2) is 8.42 Å². The number of sulfone groups is 1. The molecule has 0 aromatic heterocycles. The van der Waals surface area contributed by atoms with E-state index in [2.05, 4.69) is 5.32 Å². The molecule has 1 aliphatic carbocycles. The zero-order valence-electron chi connectivity index (χ0n) is 10.6. The van der Waals surface area contributed by atoms with Crippen LogP contribution in [0.4, 0.5) is 0 Å². The highest BCUT2D eigenvalue weighted by Crippen LogP contribution is 2.30. The second-order valence-electron chi connectivity index (χ2n) is 4.90. The first-order valence-electron chi connectivity index (χ1n) is 6.56. The Balaban J connectivity index is 2.21. The quantitative estimate of drug-likeness (QED) is 0.574. The molecular weight excluding hydrogens is 258 g/mol. The Bertz CT molecular complexity index is 306. The average molecular weight is 282 g/mol. The van der Waals surface area contributed by atoms with Gasteiger partial charge in [0.2, 0.25) is 0 Å².